The van der Waals surface area contributed by atoms with Crippen LogP contribution in [0.5, 0.6) is 0 Å². The Kier molecular flexibility index (Phi) is 3.98. The fourth-order valence-corrected chi connectivity index (χ4v) is 1.56. The van der Waals surface area contributed by atoms with E-state index in [-0.39, 0.29) is 5.69 Å². The van der Waals surface area contributed by atoms with Crippen molar-refractivity contribution in [2.75, 3.05) is 11.9 Å². The van der Waals surface area contributed by atoms with Crippen LogP contribution < -0.4 is 5.32 Å². The molecule has 0 fully saturated rings. The van der Waals surface area contributed by atoms with Crippen LogP contribution in [0.2, 0.25) is 0 Å². The highest BCUT2D eigenvalue weighted by atomic mass is 19.1. The second-order valence-corrected chi connectivity index (χ2v) is 3.81. The molecule has 0 atom stereocenters. The molecule has 0 radical (unpaired) electrons. The first kappa shape index (κ1) is 12.9. The molecule has 0 aliphatic heterocycles. The molecular weight excluding hydrogens is 250 g/mol. The van der Waals surface area contributed by atoms with Crippen LogP contribution in [-0.4, -0.2) is 16.5 Å². The molecule has 0 aliphatic carbocycles. The number of halogens is 2. The smallest absolute Gasteiger partial charge is 0.145 e. The Bertz CT molecular complexity index is 622. The second-order valence-electron chi connectivity index (χ2n) is 3.81. The molecule has 0 amide bonds. The summed E-state index contributed by atoms with van der Waals surface area (Å²) in [6, 6.07) is 6.88. The van der Waals surface area contributed by atoms with Crippen LogP contribution >= 0.6 is 0 Å². The summed E-state index contributed by atoms with van der Waals surface area (Å²) in [6.45, 7) is 0.421. The monoisotopic (exact) mass is 260 g/mol. The number of nitrogens with one attached hydrogen (secondary N) is 1. The number of hydrogen-bond acceptors (Lipinski definition) is 4. The zero-order valence-corrected chi connectivity index (χ0v) is 9.90. The molecule has 6 heteroatoms. The quantitative estimate of drug-likeness (QED) is 0.916. The molecule has 2 rings (SSSR count). The molecule has 96 valence electrons. The Balaban J connectivity index is 1.94. The van der Waals surface area contributed by atoms with Crippen LogP contribution in [0.15, 0.2) is 30.6 Å². The van der Waals surface area contributed by atoms with Crippen LogP contribution in [0.1, 0.15) is 11.3 Å². The molecule has 0 saturated carbocycles. The van der Waals surface area contributed by atoms with Gasteiger partial charge >= 0.3 is 0 Å². The van der Waals surface area contributed by atoms with Crippen molar-refractivity contribution < 1.29 is 8.78 Å². The fourth-order valence-electron chi connectivity index (χ4n) is 1.56. The van der Waals surface area contributed by atoms with Crippen molar-refractivity contribution in [2.24, 2.45) is 0 Å². The molecule has 0 bridgehead atoms. The Morgan fingerprint density at radius 2 is 2.05 bits per heavy atom. The Labute approximate surface area is 108 Å². The van der Waals surface area contributed by atoms with E-state index in [9.17, 15) is 8.78 Å². The average Bonchev–Trinajstić information content (AvgIpc) is 2.41. The van der Waals surface area contributed by atoms with Gasteiger partial charge in [-0.05, 0) is 18.1 Å². The van der Waals surface area contributed by atoms with Gasteiger partial charge in [0.25, 0.3) is 0 Å². The number of aromatic nitrogens is 2. The van der Waals surface area contributed by atoms with Crippen molar-refractivity contribution >= 4 is 5.82 Å². The number of rotatable bonds is 4. The summed E-state index contributed by atoms with van der Waals surface area (Å²) < 4.78 is 26.1. The Morgan fingerprint density at radius 1 is 1.21 bits per heavy atom. The van der Waals surface area contributed by atoms with Gasteiger partial charge in [-0.2, -0.15) is 5.26 Å². The summed E-state index contributed by atoms with van der Waals surface area (Å²) in [4.78, 5) is 7.66. The van der Waals surface area contributed by atoms with Gasteiger partial charge in [0.15, 0.2) is 0 Å². The molecule has 19 heavy (non-hydrogen) atoms. The maximum atomic E-state index is 13.4. The molecular formula is C13H10F2N4. The van der Waals surface area contributed by atoms with Crippen molar-refractivity contribution in [1.82, 2.24) is 9.97 Å². The SMILES string of the molecule is N#Cc1cc(NCCc2ccc(F)cc2F)ncn1. The van der Waals surface area contributed by atoms with Crippen LogP contribution in [0, 0.1) is 23.0 Å². The lowest BCUT2D eigenvalue weighted by Gasteiger charge is -2.06. The third-order valence-electron chi connectivity index (χ3n) is 2.50. The summed E-state index contributed by atoms with van der Waals surface area (Å²) in [7, 11) is 0. The summed E-state index contributed by atoms with van der Waals surface area (Å²) in [5.74, 6) is -0.667. The van der Waals surface area contributed by atoms with E-state index in [1.807, 2.05) is 6.07 Å². The van der Waals surface area contributed by atoms with Crippen LogP contribution in [0.3, 0.4) is 0 Å². The molecule has 2 aromatic rings. The van der Waals surface area contributed by atoms with E-state index in [2.05, 4.69) is 15.3 Å². The number of benzene rings is 1. The molecule has 1 heterocycles. The molecule has 1 N–H and O–H groups in total. The zero-order chi connectivity index (χ0) is 13.7. The van der Waals surface area contributed by atoms with Crippen molar-refractivity contribution in [1.29, 1.82) is 5.26 Å². The van der Waals surface area contributed by atoms with Crippen molar-refractivity contribution in [3.05, 3.63) is 53.5 Å². The van der Waals surface area contributed by atoms with Gasteiger partial charge in [-0.1, -0.05) is 6.07 Å². The van der Waals surface area contributed by atoms with E-state index >= 15 is 0 Å². The van der Waals surface area contributed by atoms with E-state index in [1.54, 1.807) is 0 Å². The average molecular weight is 260 g/mol. The molecule has 0 aliphatic rings. The largest absolute Gasteiger partial charge is 0.370 e. The number of anilines is 1. The van der Waals surface area contributed by atoms with E-state index in [4.69, 9.17) is 5.26 Å². The topological polar surface area (TPSA) is 61.6 Å². The highest BCUT2D eigenvalue weighted by Crippen LogP contribution is 2.10. The third kappa shape index (κ3) is 3.45. The third-order valence-corrected chi connectivity index (χ3v) is 2.50. The highest BCUT2D eigenvalue weighted by molar-refractivity contribution is 5.38. The van der Waals surface area contributed by atoms with E-state index in [0.29, 0.717) is 24.3 Å². The number of nitrogens with zero attached hydrogens (tertiary/aromatic N) is 3. The lowest BCUT2D eigenvalue weighted by molar-refractivity contribution is 0.572. The fraction of sp³-hybridized carbons (Fsp3) is 0.154. The van der Waals surface area contributed by atoms with Crippen molar-refractivity contribution in [3.63, 3.8) is 0 Å². The van der Waals surface area contributed by atoms with Crippen LogP contribution in [0.4, 0.5) is 14.6 Å². The molecule has 0 saturated heterocycles. The normalized spacial score (nSPS) is 9.95. The standard InChI is InChI=1S/C13H10F2N4/c14-10-2-1-9(12(15)5-10)3-4-17-13-6-11(7-16)18-8-19-13/h1-2,5-6,8H,3-4H2,(H,17,18,19). The van der Waals surface area contributed by atoms with E-state index < -0.39 is 11.6 Å². The summed E-state index contributed by atoms with van der Waals surface area (Å²) >= 11 is 0. The van der Waals surface area contributed by atoms with Crippen LogP contribution in [0.25, 0.3) is 0 Å². The van der Waals surface area contributed by atoms with E-state index in [0.717, 1.165) is 6.07 Å². The minimum Gasteiger partial charge on any atom is -0.370 e. The molecule has 1 aromatic carbocycles. The Morgan fingerprint density at radius 3 is 2.79 bits per heavy atom. The molecule has 0 spiro atoms. The van der Waals surface area contributed by atoms with Gasteiger partial charge in [0.1, 0.15) is 35.5 Å². The van der Waals surface area contributed by atoms with Gasteiger partial charge in [0.2, 0.25) is 0 Å². The number of hydrogen-bond donors (Lipinski definition) is 1. The first-order valence-electron chi connectivity index (χ1n) is 5.59. The first-order chi connectivity index (χ1) is 9.19. The lowest BCUT2D eigenvalue weighted by Crippen LogP contribution is -2.08. The molecule has 0 unspecified atom stereocenters. The minimum absolute atomic E-state index is 0.255. The van der Waals surface area contributed by atoms with Gasteiger partial charge in [-0.15, -0.1) is 0 Å². The Hall–Kier alpha value is -2.55. The van der Waals surface area contributed by atoms with Gasteiger partial charge in [0, 0.05) is 18.7 Å². The summed E-state index contributed by atoms with van der Waals surface area (Å²) in [5, 5.41) is 11.6. The highest BCUT2D eigenvalue weighted by Gasteiger charge is 2.04. The predicted octanol–water partition coefficient (Wildman–Crippen LogP) is 2.28. The lowest BCUT2D eigenvalue weighted by atomic mass is 10.1. The predicted molar refractivity (Wildman–Crippen MR) is 65.3 cm³/mol. The van der Waals surface area contributed by atoms with Gasteiger partial charge in [0.05, 0.1) is 0 Å². The first-order valence-corrected chi connectivity index (χ1v) is 5.59. The number of nitriles is 1. The maximum Gasteiger partial charge on any atom is 0.145 e. The van der Waals surface area contributed by atoms with Crippen molar-refractivity contribution in [3.8, 4) is 6.07 Å². The van der Waals surface area contributed by atoms with Crippen LogP contribution in [-0.2, 0) is 6.42 Å². The van der Waals surface area contributed by atoms with Gasteiger partial charge in [-0.3, -0.25) is 0 Å². The molecule has 4 nitrogen and oxygen atoms in total. The van der Waals surface area contributed by atoms with E-state index in [1.165, 1.54) is 24.5 Å². The maximum absolute atomic E-state index is 13.4. The second kappa shape index (κ2) is 5.87. The molecule has 1 aromatic heterocycles. The van der Waals surface area contributed by atoms with Gasteiger partial charge in [-0.25, -0.2) is 18.7 Å². The zero-order valence-electron chi connectivity index (χ0n) is 9.90. The summed E-state index contributed by atoms with van der Waals surface area (Å²) in [5.41, 5.74) is 0.675. The summed E-state index contributed by atoms with van der Waals surface area (Å²) in [6.07, 6.45) is 1.66. The van der Waals surface area contributed by atoms with Gasteiger partial charge < -0.3 is 5.32 Å². The van der Waals surface area contributed by atoms with Crippen molar-refractivity contribution in [2.45, 2.75) is 6.42 Å². The minimum atomic E-state index is -0.594.